The summed E-state index contributed by atoms with van der Waals surface area (Å²) >= 11 is 12.3. The van der Waals surface area contributed by atoms with E-state index in [4.69, 9.17) is 4.42 Å². The Morgan fingerprint density at radius 3 is 2.61 bits per heavy atom. The normalized spacial score (nSPS) is 12.9. The van der Waals surface area contributed by atoms with Crippen molar-refractivity contribution in [1.82, 2.24) is 5.32 Å². The van der Waals surface area contributed by atoms with Gasteiger partial charge in [0.05, 0.1) is 14.5 Å². The van der Waals surface area contributed by atoms with Crippen molar-refractivity contribution >= 4 is 59.1 Å². The summed E-state index contributed by atoms with van der Waals surface area (Å²) in [6.45, 7) is 3.10. The van der Waals surface area contributed by atoms with Crippen LogP contribution in [0, 0.1) is 0 Å². The summed E-state index contributed by atoms with van der Waals surface area (Å²) in [6, 6.07) is 4.13. The Kier molecular flexibility index (Phi) is 5.50. The minimum atomic E-state index is 0.0851. The summed E-state index contributed by atoms with van der Waals surface area (Å²) in [7, 11) is 0. The molecule has 0 aliphatic rings. The molecule has 1 atom stereocenters. The first-order valence-corrected chi connectivity index (χ1v) is 8.74. The van der Waals surface area contributed by atoms with Gasteiger partial charge < -0.3 is 9.73 Å². The van der Waals surface area contributed by atoms with Crippen molar-refractivity contribution in [1.29, 1.82) is 0 Å². The Morgan fingerprint density at radius 1 is 1.33 bits per heavy atom. The highest BCUT2D eigenvalue weighted by atomic mass is 79.9. The van der Waals surface area contributed by atoms with E-state index in [0.29, 0.717) is 0 Å². The Labute approximate surface area is 136 Å². The molecule has 98 valence electrons. The van der Waals surface area contributed by atoms with Crippen LogP contribution >= 0.6 is 59.1 Å². The van der Waals surface area contributed by atoms with Crippen LogP contribution in [-0.4, -0.2) is 6.54 Å². The fraction of sp³-hybridized carbons (Fsp3) is 0.333. The first kappa shape index (κ1) is 14.8. The topological polar surface area (TPSA) is 25.2 Å². The molecule has 0 saturated heterocycles. The van der Waals surface area contributed by atoms with Crippen LogP contribution in [0.2, 0.25) is 0 Å². The molecule has 2 nitrogen and oxygen atoms in total. The number of hydrogen-bond donors (Lipinski definition) is 1. The lowest BCUT2D eigenvalue weighted by atomic mass is 10.2. The molecule has 1 N–H and O–H groups in total. The lowest BCUT2D eigenvalue weighted by Crippen LogP contribution is -2.22. The van der Waals surface area contributed by atoms with Crippen molar-refractivity contribution in [2.45, 2.75) is 19.4 Å². The molecule has 0 aliphatic carbocycles. The largest absolute Gasteiger partial charge is 0.466 e. The first-order valence-electron chi connectivity index (χ1n) is 5.54. The van der Waals surface area contributed by atoms with Gasteiger partial charge in [-0.05, 0) is 72.9 Å². The number of furan rings is 1. The molecule has 0 saturated carbocycles. The van der Waals surface area contributed by atoms with E-state index in [2.05, 4.69) is 66.1 Å². The number of hydrogen-bond acceptors (Lipinski definition) is 3. The van der Waals surface area contributed by atoms with Crippen molar-refractivity contribution in [3.63, 3.8) is 0 Å². The molecular formula is C12H12Br3NOS. The highest BCUT2D eigenvalue weighted by molar-refractivity contribution is 9.13. The van der Waals surface area contributed by atoms with Gasteiger partial charge in [0.1, 0.15) is 11.8 Å². The Morgan fingerprint density at radius 2 is 2.11 bits per heavy atom. The fourth-order valence-corrected chi connectivity index (χ4v) is 4.22. The SMILES string of the molecule is CCCNC(c1cc(Br)c(Br)s1)c1occc1Br. The second kappa shape index (κ2) is 6.70. The molecule has 1 unspecified atom stereocenters. The summed E-state index contributed by atoms with van der Waals surface area (Å²) in [5.74, 6) is 0.921. The summed E-state index contributed by atoms with van der Waals surface area (Å²) in [5.41, 5.74) is 0. The average molecular weight is 458 g/mol. The monoisotopic (exact) mass is 455 g/mol. The molecule has 0 spiro atoms. The van der Waals surface area contributed by atoms with Crippen LogP contribution in [0.4, 0.5) is 0 Å². The summed E-state index contributed by atoms with van der Waals surface area (Å²) < 4.78 is 8.77. The molecule has 0 radical (unpaired) electrons. The van der Waals surface area contributed by atoms with Gasteiger partial charge in [-0.15, -0.1) is 11.3 Å². The van der Waals surface area contributed by atoms with Crippen LogP contribution in [0.15, 0.2) is 35.5 Å². The average Bonchev–Trinajstić information content (AvgIpc) is 2.88. The second-order valence-electron chi connectivity index (χ2n) is 3.79. The fourth-order valence-electron chi connectivity index (χ4n) is 1.63. The number of rotatable bonds is 5. The van der Waals surface area contributed by atoms with E-state index < -0.39 is 0 Å². The van der Waals surface area contributed by atoms with Crippen LogP contribution in [-0.2, 0) is 0 Å². The highest BCUT2D eigenvalue weighted by Crippen LogP contribution is 2.39. The number of nitrogens with one attached hydrogen (secondary N) is 1. The van der Waals surface area contributed by atoms with Gasteiger partial charge >= 0.3 is 0 Å². The zero-order chi connectivity index (χ0) is 13.1. The Balaban J connectivity index is 2.33. The maximum absolute atomic E-state index is 5.59. The summed E-state index contributed by atoms with van der Waals surface area (Å²) in [6.07, 6.45) is 2.79. The molecule has 0 aliphatic heterocycles. The van der Waals surface area contributed by atoms with Crippen LogP contribution in [0.25, 0.3) is 0 Å². The predicted molar refractivity (Wildman–Crippen MR) is 86.3 cm³/mol. The van der Waals surface area contributed by atoms with Gasteiger partial charge in [-0.2, -0.15) is 0 Å². The molecule has 2 heterocycles. The van der Waals surface area contributed by atoms with E-state index in [0.717, 1.165) is 31.5 Å². The van der Waals surface area contributed by atoms with Crippen molar-refractivity contribution in [3.8, 4) is 0 Å². The summed E-state index contributed by atoms with van der Waals surface area (Å²) in [5, 5.41) is 3.51. The standard InChI is InChI=1S/C12H12Br3NOS/c1-2-4-16-10(11-7(13)3-5-17-11)9-6-8(14)12(15)18-9/h3,5-6,10,16H,2,4H2,1H3. The van der Waals surface area contributed by atoms with Crippen LogP contribution in [0.3, 0.4) is 0 Å². The molecule has 0 amide bonds. The molecule has 2 aromatic rings. The molecule has 0 bridgehead atoms. The van der Waals surface area contributed by atoms with E-state index in [-0.39, 0.29) is 6.04 Å². The highest BCUT2D eigenvalue weighted by Gasteiger charge is 2.22. The van der Waals surface area contributed by atoms with Crippen molar-refractivity contribution in [2.75, 3.05) is 6.54 Å². The predicted octanol–water partition coefficient (Wildman–Crippen LogP) is 5.72. The van der Waals surface area contributed by atoms with Gasteiger partial charge in [0, 0.05) is 9.35 Å². The van der Waals surface area contributed by atoms with Gasteiger partial charge in [-0.1, -0.05) is 6.92 Å². The third-order valence-electron chi connectivity index (χ3n) is 2.45. The van der Waals surface area contributed by atoms with Gasteiger partial charge in [0.25, 0.3) is 0 Å². The zero-order valence-corrected chi connectivity index (χ0v) is 15.2. The quantitative estimate of drug-likeness (QED) is 0.621. The number of thiophene rings is 1. The maximum Gasteiger partial charge on any atom is 0.140 e. The molecule has 18 heavy (non-hydrogen) atoms. The van der Waals surface area contributed by atoms with Crippen LogP contribution in [0.5, 0.6) is 0 Å². The van der Waals surface area contributed by atoms with E-state index in [9.17, 15) is 0 Å². The van der Waals surface area contributed by atoms with Gasteiger partial charge in [0.15, 0.2) is 0 Å². The van der Waals surface area contributed by atoms with Gasteiger partial charge in [0.2, 0.25) is 0 Å². The van der Waals surface area contributed by atoms with Gasteiger partial charge in [-0.25, -0.2) is 0 Å². The van der Waals surface area contributed by atoms with E-state index in [1.54, 1.807) is 17.6 Å². The third-order valence-corrected chi connectivity index (χ3v) is 6.43. The zero-order valence-electron chi connectivity index (χ0n) is 9.67. The lowest BCUT2D eigenvalue weighted by molar-refractivity contribution is 0.447. The minimum Gasteiger partial charge on any atom is -0.466 e. The maximum atomic E-state index is 5.59. The second-order valence-corrected chi connectivity index (χ2v) is 7.90. The van der Waals surface area contributed by atoms with E-state index >= 15 is 0 Å². The van der Waals surface area contributed by atoms with Crippen molar-refractivity contribution < 1.29 is 4.42 Å². The minimum absolute atomic E-state index is 0.0851. The summed E-state index contributed by atoms with van der Waals surface area (Å²) in [4.78, 5) is 1.22. The third kappa shape index (κ3) is 3.28. The molecule has 0 aromatic carbocycles. The Bertz CT molecular complexity index is 504. The molecule has 0 fully saturated rings. The molecule has 2 rings (SSSR count). The van der Waals surface area contributed by atoms with Gasteiger partial charge in [-0.3, -0.25) is 0 Å². The lowest BCUT2D eigenvalue weighted by Gasteiger charge is -2.15. The molecular weight excluding hydrogens is 446 g/mol. The van der Waals surface area contributed by atoms with Crippen LogP contribution in [0.1, 0.15) is 30.0 Å². The molecule has 2 aromatic heterocycles. The van der Waals surface area contributed by atoms with E-state index in [1.807, 2.05) is 6.07 Å². The van der Waals surface area contributed by atoms with E-state index in [1.165, 1.54) is 4.88 Å². The Hall–Kier alpha value is 0.380. The van der Waals surface area contributed by atoms with Crippen molar-refractivity contribution in [2.24, 2.45) is 0 Å². The first-order chi connectivity index (χ1) is 8.63. The number of halogens is 3. The van der Waals surface area contributed by atoms with Crippen LogP contribution < -0.4 is 5.32 Å². The van der Waals surface area contributed by atoms with Crippen molar-refractivity contribution in [3.05, 3.63) is 41.8 Å². The molecule has 6 heteroatoms. The smallest absolute Gasteiger partial charge is 0.140 e.